The molecule has 0 spiro atoms. The molecule has 1 aromatic carbocycles. The Balaban J connectivity index is 2.09. The fourth-order valence-electron chi connectivity index (χ4n) is 2.99. The van der Waals surface area contributed by atoms with Gasteiger partial charge in [-0.25, -0.2) is 0 Å². The van der Waals surface area contributed by atoms with Gasteiger partial charge in [-0.1, -0.05) is 12.1 Å². The number of ether oxygens (including phenoxy) is 1. The van der Waals surface area contributed by atoms with Crippen LogP contribution in [0.2, 0.25) is 0 Å². The third-order valence-corrected chi connectivity index (χ3v) is 3.92. The molecule has 0 amide bonds. The number of hydrogen-bond donors (Lipinski definition) is 0. The van der Waals surface area contributed by atoms with E-state index in [4.69, 9.17) is 4.74 Å². The summed E-state index contributed by atoms with van der Waals surface area (Å²) in [6.45, 7) is 0. The van der Waals surface area contributed by atoms with Crippen molar-refractivity contribution in [3.63, 3.8) is 0 Å². The van der Waals surface area contributed by atoms with Crippen molar-refractivity contribution >= 4 is 11.5 Å². The van der Waals surface area contributed by atoms with Crippen molar-refractivity contribution in [1.82, 2.24) is 0 Å². The van der Waals surface area contributed by atoms with Gasteiger partial charge in [-0.3, -0.25) is 25.0 Å². The number of nitro benzene ring substituents is 1. The molecular weight excluding hydrogens is 292 g/mol. The smallest absolute Gasteiger partial charge is 0.364 e. The molecule has 0 bridgehead atoms. The maximum Gasteiger partial charge on any atom is 0.364 e. The van der Waals surface area contributed by atoms with Gasteiger partial charge in [0.05, 0.1) is 15.4 Å². The molecular formula is C14H12N2O6. The Morgan fingerprint density at radius 1 is 1.18 bits per heavy atom. The Bertz CT molecular complexity index is 711. The lowest BCUT2D eigenvalue weighted by atomic mass is 9.83. The van der Waals surface area contributed by atoms with Crippen LogP contribution in [-0.2, 0) is 9.53 Å². The molecule has 0 aromatic heterocycles. The number of non-ortho nitro benzene ring substituents is 1. The zero-order chi connectivity index (χ0) is 15.9. The van der Waals surface area contributed by atoms with Gasteiger partial charge in [-0.2, -0.15) is 0 Å². The molecule has 3 rings (SSSR count). The Labute approximate surface area is 124 Å². The third-order valence-electron chi connectivity index (χ3n) is 3.92. The number of nitro groups is 2. The van der Waals surface area contributed by atoms with Crippen molar-refractivity contribution in [3.8, 4) is 0 Å². The lowest BCUT2D eigenvalue weighted by Crippen LogP contribution is -2.27. The SMILES string of the molecule is O=C1CCCC2=C1[C@H](c1cccc([N+](=O)[O-])c1)[C@@H]([N+](=O)[O-])O2. The van der Waals surface area contributed by atoms with Crippen LogP contribution in [0.15, 0.2) is 35.6 Å². The zero-order valence-corrected chi connectivity index (χ0v) is 11.4. The summed E-state index contributed by atoms with van der Waals surface area (Å²) in [7, 11) is 0. The van der Waals surface area contributed by atoms with E-state index in [9.17, 15) is 25.0 Å². The van der Waals surface area contributed by atoms with Crippen molar-refractivity contribution in [2.75, 3.05) is 0 Å². The first kappa shape index (κ1) is 14.2. The Morgan fingerprint density at radius 2 is 1.95 bits per heavy atom. The molecule has 1 aliphatic carbocycles. The number of Topliss-reactive ketones (excluding diaryl/α,β-unsaturated/α-hetero) is 1. The lowest BCUT2D eigenvalue weighted by molar-refractivity contribution is -0.570. The highest BCUT2D eigenvalue weighted by Gasteiger charge is 2.49. The number of rotatable bonds is 3. The molecule has 0 N–H and O–H groups in total. The van der Waals surface area contributed by atoms with E-state index in [0.717, 1.165) is 0 Å². The van der Waals surface area contributed by atoms with Gasteiger partial charge < -0.3 is 4.74 Å². The van der Waals surface area contributed by atoms with Crippen LogP contribution in [0.1, 0.15) is 30.7 Å². The normalized spacial score (nSPS) is 23.9. The van der Waals surface area contributed by atoms with Crippen LogP contribution in [-0.4, -0.2) is 21.9 Å². The molecule has 8 heteroatoms. The highest BCUT2D eigenvalue weighted by atomic mass is 16.7. The van der Waals surface area contributed by atoms with Crippen LogP contribution >= 0.6 is 0 Å². The summed E-state index contributed by atoms with van der Waals surface area (Å²) < 4.78 is 5.35. The highest BCUT2D eigenvalue weighted by molar-refractivity contribution is 5.98. The second-order valence-electron chi connectivity index (χ2n) is 5.24. The van der Waals surface area contributed by atoms with Crippen molar-refractivity contribution < 1.29 is 19.4 Å². The minimum atomic E-state index is -1.41. The van der Waals surface area contributed by atoms with Gasteiger partial charge in [0.2, 0.25) is 0 Å². The molecule has 1 aliphatic heterocycles. The van der Waals surface area contributed by atoms with Crippen molar-refractivity contribution in [2.45, 2.75) is 31.4 Å². The van der Waals surface area contributed by atoms with E-state index in [-0.39, 0.29) is 11.5 Å². The average Bonchev–Trinajstić information content (AvgIpc) is 2.88. The topological polar surface area (TPSA) is 113 Å². The van der Waals surface area contributed by atoms with Gasteiger partial charge in [-0.05, 0) is 12.0 Å². The summed E-state index contributed by atoms with van der Waals surface area (Å²) in [6, 6.07) is 5.58. The molecule has 2 atom stereocenters. The van der Waals surface area contributed by atoms with E-state index in [1.54, 1.807) is 6.07 Å². The molecule has 1 aromatic rings. The number of benzene rings is 1. The standard InChI is InChI=1S/C14H12N2O6/c17-10-5-2-6-11-13(10)12(14(22-11)16(20)21)8-3-1-4-9(7-8)15(18)19/h1,3-4,7,12,14H,2,5-6H2/t12-,14-/m0/s1. The molecule has 22 heavy (non-hydrogen) atoms. The van der Waals surface area contributed by atoms with Gasteiger partial charge in [0, 0.05) is 25.0 Å². The molecule has 1 heterocycles. The lowest BCUT2D eigenvalue weighted by Gasteiger charge is -2.15. The van der Waals surface area contributed by atoms with E-state index in [1.807, 2.05) is 0 Å². The maximum absolute atomic E-state index is 12.2. The fraction of sp³-hybridized carbons (Fsp3) is 0.357. The second-order valence-corrected chi connectivity index (χ2v) is 5.24. The van der Waals surface area contributed by atoms with E-state index >= 15 is 0 Å². The van der Waals surface area contributed by atoms with Crippen LogP contribution in [0, 0.1) is 20.2 Å². The predicted octanol–water partition coefficient (Wildman–Crippen LogP) is 2.32. The first-order valence-electron chi connectivity index (χ1n) is 6.80. The van der Waals surface area contributed by atoms with Gasteiger partial charge >= 0.3 is 6.23 Å². The van der Waals surface area contributed by atoms with Crippen molar-refractivity contribution in [2.24, 2.45) is 0 Å². The number of nitrogens with zero attached hydrogens (tertiary/aromatic N) is 2. The average molecular weight is 304 g/mol. The summed E-state index contributed by atoms with van der Waals surface area (Å²) in [5.41, 5.74) is 0.488. The Morgan fingerprint density at radius 3 is 2.64 bits per heavy atom. The minimum absolute atomic E-state index is 0.170. The van der Waals surface area contributed by atoms with Crippen molar-refractivity contribution in [3.05, 3.63) is 61.4 Å². The summed E-state index contributed by atoms with van der Waals surface area (Å²) in [5, 5.41) is 22.2. The summed E-state index contributed by atoms with van der Waals surface area (Å²) in [4.78, 5) is 33.1. The van der Waals surface area contributed by atoms with Crippen LogP contribution in [0.4, 0.5) is 5.69 Å². The molecule has 114 valence electrons. The molecule has 0 saturated carbocycles. The molecule has 0 radical (unpaired) electrons. The van der Waals surface area contributed by atoms with E-state index < -0.39 is 22.0 Å². The summed E-state index contributed by atoms with van der Waals surface area (Å²) in [6.07, 6.45) is -0.00684. The number of carbonyl (C=O) groups is 1. The Hall–Kier alpha value is -2.77. The molecule has 0 unspecified atom stereocenters. The number of hydrogen-bond acceptors (Lipinski definition) is 6. The van der Waals surface area contributed by atoms with Gasteiger partial charge in [-0.15, -0.1) is 0 Å². The molecule has 2 aliphatic rings. The molecule has 0 fully saturated rings. The van der Waals surface area contributed by atoms with E-state index in [1.165, 1.54) is 18.2 Å². The van der Waals surface area contributed by atoms with Gasteiger partial charge in [0.25, 0.3) is 5.69 Å². The fourth-order valence-corrected chi connectivity index (χ4v) is 2.99. The number of allylic oxidation sites excluding steroid dienone is 1. The molecule has 8 nitrogen and oxygen atoms in total. The zero-order valence-electron chi connectivity index (χ0n) is 11.4. The summed E-state index contributed by atoms with van der Waals surface area (Å²) >= 11 is 0. The van der Waals surface area contributed by atoms with E-state index in [0.29, 0.717) is 36.2 Å². The van der Waals surface area contributed by atoms with Crippen LogP contribution in [0.5, 0.6) is 0 Å². The second kappa shape index (κ2) is 5.21. The van der Waals surface area contributed by atoms with Crippen LogP contribution in [0.25, 0.3) is 0 Å². The van der Waals surface area contributed by atoms with Gasteiger partial charge in [0.15, 0.2) is 5.78 Å². The van der Waals surface area contributed by atoms with Crippen LogP contribution in [0.3, 0.4) is 0 Å². The van der Waals surface area contributed by atoms with E-state index in [2.05, 4.69) is 0 Å². The van der Waals surface area contributed by atoms with Crippen molar-refractivity contribution in [1.29, 1.82) is 0 Å². The third kappa shape index (κ3) is 2.22. The van der Waals surface area contributed by atoms with Crippen LogP contribution < -0.4 is 0 Å². The number of carbonyl (C=O) groups excluding carboxylic acids is 1. The Kier molecular flexibility index (Phi) is 3.36. The summed E-state index contributed by atoms with van der Waals surface area (Å²) in [5.74, 6) is -0.714. The maximum atomic E-state index is 12.2. The van der Waals surface area contributed by atoms with Gasteiger partial charge in [0.1, 0.15) is 11.7 Å². The largest absolute Gasteiger partial charge is 0.433 e. The predicted molar refractivity (Wildman–Crippen MR) is 73.6 cm³/mol. The first-order valence-corrected chi connectivity index (χ1v) is 6.80. The minimum Gasteiger partial charge on any atom is -0.433 e. The monoisotopic (exact) mass is 304 g/mol. The quantitative estimate of drug-likeness (QED) is 0.625. The molecule has 0 saturated heterocycles. The first-order chi connectivity index (χ1) is 10.5. The highest BCUT2D eigenvalue weighted by Crippen LogP contribution is 2.44. The number of ketones is 1.